The number of nitrogens with zero attached hydrogens (tertiary/aromatic N) is 3. The van der Waals surface area contributed by atoms with Gasteiger partial charge in [-0.2, -0.15) is 4.39 Å². The van der Waals surface area contributed by atoms with E-state index in [1.54, 1.807) is 12.1 Å². The maximum atomic E-state index is 14.4. The summed E-state index contributed by atoms with van der Waals surface area (Å²) < 4.78 is 26.5. The van der Waals surface area contributed by atoms with Gasteiger partial charge in [-0.25, -0.2) is 9.98 Å². The summed E-state index contributed by atoms with van der Waals surface area (Å²) in [6.45, 7) is 1.50. The number of amidine groups is 1. The van der Waals surface area contributed by atoms with Crippen molar-refractivity contribution in [2.75, 3.05) is 19.7 Å². The van der Waals surface area contributed by atoms with Gasteiger partial charge in [0.1, 0.15) is 24.0 Å². The quantitative estimate of drug-likeness (QED) is 0.748. The molecule has 8 heteroatoms. The van der Waals surface area contributed by atoms with Crippen LogP contribution in [0.4, 0.5) is 4.39 Å². The van der Waals surface area contributed by atoms with E-state index in [-0.39, 0.29) is 30.6 Å². The Morgan fingerprint density at radius 1 is 1.28 bits per heavy atom. The number of ether oxygens (including phenoxy) is 2. The van der Waals surface area contributed by atoms with E-state index >= 15 is 0 Å². The van der Waals surface area contributed by atoms with Gasteiger partial charge >= 0.3 is 0 Å². The minimum atomic E-state index is -0.768. The van der Waals surface area contributed by atoms with Crippen LogP contribution in [0.1, 0.15) is 31.2 Å². The molecule has 166 valence electrons. The zero-order chi connectivity index (χ0) is 21.9. The van der Waals surface area contributed by atoms with Crippen LogP contribution in [-0.4, -0.2) is 47.6 Å². The second-order valence-corrected chi connectivity index (χ2v) is 9.25. The summed E-state index contributed by atoms with van der Waals surface area (Å²) in [4.78, 5) is 23.4. The number of halogens is 1. The van der Waals surface area contributed by atoms with Gasteiger partial charge in [-0.05, 0) is 48.6 Å². The predicted molar refractivity (Wildman–Crippen MR) is 115 cm³/mol. The number of benzene rings is 1. The average molecular weight is 436 g/mol. The largest absolute Gasteiger partial charge is 0.490 e. The Kier molecular flexibility index (Phi) is 4.38. The van der Waals surface area contributed by atoms with Gasteiger partial charge in [0.05, 0.1) is 0 Å². The zero-order valence-corrected chi connectivity index (χ0v) is 17.7. The Morgan fingerprint density at radius 3 is 2.91 bits per heavy atom. The highest BCUT2D eigenvalue weighted by Crippen LogP contribution is 2.51. The van der Waals surface area contributed by atoms with Crippen LogP contribution in [0.5, 0.6) is 5.75 Å². The number of fused-ring (bicyclic) bond motifs is 4. The Balaban J connectivity index is 1.40. The van der Waals surface area contributed by atoms with E-state index in [0.717, 1.165) is 24.8 Å². The lowest BCUT2D eigenvalue weighted by Gasteiger charge is -2.49. The second kappa shape index (κ2) is 7.18. The summed E-state index contributed by atoms with van der Waals surface area (Å²) in [5, 5.41) is 0. The number of likely N-dealkylation sites (tertiary alicyclic amines) is 1. The fourth-order valence-corrected chi connectivity index (χ4v) is 5.33. The summed E-state index contributed by atoms with van der Waals surface area (Å²) >= 11 is 0. The predicted octanol–water partition coefficient (Wildman–Crippen LogP) is 2.84. The normalized spacial score (nSPS) is 28.4. The van der Waals surface area contributed by atoms with Crippen LogP contribution in [0, 0.1) is 17.8 Å². The number of piperidine rings is 1. The highest BCUT2D eigenvalue weighted by Gasteiger charge is 2.56. The maximum Gasteiger partial charge on any atom is 0.283 e. The number of nitrogens with two attached hydrogens (primary N) is 1. The Labute approximate surface area is 185 Å². The van der Waals surface area contributed by atoms with Crippen molar-refractivity contribution in [3.63, 3.8) is 0 Å². The molecule has 1 aliphatic carbocycles. The lowest BCUT2D eigenvalue weighted by atomic mass is 9.71. The van der Waals surface area contributed by atoms with Crippen LogP contribution in [0.3, 0.4) is 0 Å². The van der Waals surface area contributed by atoms with Gasteiger partial charge in [0.15, 0.2) is 0 Å². The van der Waals surface area contributed by atoms with Crippen molar-refractivity contribution >= 4 is 11.9 Å². The van der Waals surface area contributed by atoms with Gasteiger partial charge in [-0.1, -0.05) is 6.07 Å². The van der Waals surface area contributed by atoms with Gasteiger partial charge < -0.3 is 20.1 Å². The van der Waals surface area contributed by atoms with Crippen molar-refractivity contribution in [2.24, 2.45) is 22.6 Å². The van der Waals surface area contributed by atoms with Gasteiger partial charge in [0.25, 0.3) is 6.02 Å². The minimum absolute atomic E-state index is 0.0910. The molecule has 2 fully saturated rings. The third kappa shape index (κ3) is 3.12. The van der Waals surface area contributed by atoms with Crippen LogP contribution in [0.2, 0.25) is 0 Å². The molecular weight excluding hydrogens is 411 g/mol. The third-order valence-electron chi connectivity index (χ3n) is 7.22. The summed E-state index contributed by atoms with van der Waals surface area (Å²) in [6, 6.07) is 9.15. The monoisotopic (exact) mass is 436 g/mol. The van der Waals surface area contributed by atoms with Gasteiger partial charge in [0.2, 0.25) is 11.9 Å². The molecule has 3 aliphatic heterocycles. The first-order chi connectivity index (χ1) is 15.5. The first-order valence-electron chi connectivity index (χ1n) is 11.2. The molecule has 1 spiro atoms. The number of carbonyl (C=O) groups excluding carboxylic acids is 1. The van der Waals surface area contributed by atoms with Crippen molar-refractivity contribution in [3.05, 3.63) is 48.0 Å². The Bertz CT molecular complexity index is 1120. The second-order valence-electron chi connectivity index (χ2n) is 9.25. The summed E-state index contributed by atoms with van der Waals surface area (Å²) in [7, 11) is 0. The lowest BCUT2D eigenvalue weighted by molar-refractivity contribution is -0.137. The number of amides is 1. The van der Waals surface area contributed by atoms with E-state index in [1.807, 2.05) is 23.1 Å². The van der Waals surface area contributed by atoms with Crippen molar-refractivity contribution < 1.29 is 18.7 Å². The number of aromatic nitrogens is 1. The van der Waals surface area contributed by atoms with Crippen LogP contribution < -0.4 is 10.5 Å². The molecule has 3 atom stereocenters. The molecule has 1 aromatic carbocycles. The average Bonchev–Trinajstić information content (AvgIpc) is 3.53. The van der Waals surface area contributed by atoms with E-state index in [2.05, 4.69) is 4.98 Å². The molecule has 4 heterocycles. The molecule has 1 saturated carbocycles. The standard InChI is InChI=1S/C24H25FN4O3/c25-22-16(2-1-8-27-22)15-5-6-19-17(11-15)24(13-31-23(26)28-24)18-12-29(9-7-20(18)32-19)21(30)10-14-3-4-14/h1-2,5-6,8,11,14,18,20H,3-4,7,9-10,12-13H2,(H2,26,28)/t18-,20?,24+/m0/s1. The molecule has 0 bridgehead atoms. The number of hydrogen-bond acceptors (Lipinski definition) is 6. The SMILES string of the molecule is NC1=N[C@]2(CO1)c1cc(-c3cccnc3F)ccc1OC1CCN(C(=O)CC3CC3)C[C@@H]12. The molecular formula is C24H25FN4O3. The zero-order valence-electron chi connectivity index (χ0n) is 17.7. The van der Waals surface area contributed by atoms with Gasteiger partial charge in [-0.15, -0.1) is 0 Å². The topological polar surface area (TPSA) is 90.0 Å². The number of pyridine rings is 1. The van der Waals surface area contributed by atoms with Gasteiger partial charge in [0, 0.05) is 49.2 Å². The highest BCUT2D eigenvalue weighted by atomic mass is 19.1. The Morgan fingerprint density at radius 2 is 2.16 bits per heavy atom. The van der Waals surface area contributed by atoms with Crippen molar-refractivity contribution in [3.8, 4) is 16.9 Å². The van der Waals surface area contributed by atoms with Crippen LogP contribution in [0.15, 0.2) is 41.5 Å². The van der Waals surface area contributed by atoms with Gasteiger partial charge in [-0.3, -0.25) is 4.79 Å². The van der Waals surface area contributed by atoms with Crippen molar-refractivity contribution in [1.82, 2.24) is 9.88 Å². The molecule has 2 N–H and O–H groups in total. The molecule has 0 radical (unpaired) electrons. The molecule has 4 aliphatic rings. The number of carbonyl (C=O) groups is 1. The molecule has 32 heavy (non-hydrogen) atoms. The van der Waals surface area contributed by atoms with Crippen molar-refractivity contribution in [2.45, 2.75) is 37.3 Å². The van der Waals surface area contributed by atoms with Crippen molar-refractivity contribution in [1.29, 1.82) is 0 Å². The minimum Gasteiger partial charge on any atom is -0.490 e. The van der Waals surface area contributed by atoms with E-state index in [4.69, 9.17) is 20.2 Å². The fraction of sp³-hybridized carbons (Fsp3) is 0.458. The van der Waals surface area contributed by atoms with E-state index in [0.29, 0.717) is 42.3 Å². The molecule has 1 saturated heterocycles. The Hall–Kier alpha value is -3.16. The smallest absolute Gasteiger partial charge is 0.283 e. The number of aliphatic imine (C=N–C) groups is 1. The van der Waals surface area contributed by atoms with E-state index in [1.165, 1.54) is 6.20 Å². The lowest BCUT2D eigenvalue weighted by Crippen LogP contribution is -2.58. The third-order valence-corrected chi connectivity index (χ3v) is 7.22. The summed E-state index contributed by atoms with van der Waals surface area (Å²) in [6.07, 6.45) is 4.98. The van der Waals surface area contributed by atoms with Crippen LogP contribution in [0.25, 0.3) is 11.1 Å². The fourth-order valence-electron chi connectivity index (χ4n) is 5.33. The first kappa shape index (κ1) is 19.5. The first-order valence-corrected chi connectivity index (χ1v) is 11.2. The molecule has 7 nitrogen and oxygen atoms in total. The summed E-state index contributed by atoms with van der Waals surface area (Å²) in [5.41, 5.74) is 7.14. The number of hydrogen-bond donors (Lipinski definition) is 1. The van der Waals surface area contributed by atoms with Crippen LogP contribution in [-0.2, 0) is 15.1 Å². The van der Waals surface area contributed by atoms with Crippen LogP contribution >= 0.6 is 0 Å². The molecule has 1 amide bonds. The number of rotatable bonds is 3. The molecule has 1 aromatic heterocycles. The summed E-state index contributed by atoms with van der Waals surface area (Å²) in [5.74, 6) is 0.823. The highest BCUT2D eigenvalue weighted by molar-refractivity contribution is 5.78. The molecule has 1 unspecified atom stereocenters. The molecule has 2 aromatic rings. The maximum absolute atomic E-state index is 14.4. The van der Waals surface area contributed by atoms with E-state index in [9.17, 15) is 9.18 Å². The van der Waals surface area contributed by atoms with E-state index < -0.39 is 11.5 Å². The molecule has 6 rings (SSSR count).